The van der Waals surface area contributed by atoms with Gasteiger partial charge in [-0.1, -0.05) is 0 Å². The molecule has 10 nitrogen and oxygen atoms in total. The molecule has 0 aliphatic heterocycles. The van der Waals surface area contributed by atoms with Gasteiger partial charge in [-0.05, 0) is 0 Å². The summed E-state index contributed by atoms with van der Waals surface area (Å²) in [6.07, 6.45) is 0.303. The highest BCUT2D eigenvalue weighted by Crippen LogP contribution is 2.31. The van der Waals surface area contributed by atoms with Crippen molar-refractivity contribution in [2.45, 2.75) is 25.7 Å². The molecule has 0 bridgehead atoms. The first-order chi connectivity index (χ1) is 13.2. The highest BCUT2D eigenvalue weighted by Gasteiger charge is 2.44. The summed E-state index contributed by atoms with van der Waals surface area (Å²) in [4.78, 5) is 67.0. The Labute approximate surface area is 161 Å². The second kappa shape index (κ2) is 10.5. The van der Waals surface area contributed by atoms with E-state index in [1.54, 1.807) is 0 Å². The molecule has 2 aliphatic carbocycles. The summed E-state index contributed by atoms with van der Waals surface area (Å²) >= 11 is 0. The lowest BCUT2D eigenvalue weighted by atomic mass is 9.96. The maximum absolute atomic E-state index is 11.2. The van der Waals surface area contributed by atoms with Crippen LogP contribution in [0.3, 0.4) is 0 Å². The van der Waals surface area contributed by atoms with Gasteiger partial charge >= 0.3 is 23.9 Å². The fourth-order valence-corrected chi connectivity index (χ4v) is 3.31. The van der Waals surface area contributed by atoms with Crippen molar-refractivity contribution in [3.05, 3.63) is 0 Å². The van der Waals surface area contributed by atoms with Crippen LogP contribution in [0.2, 0.25) is 0 Å². The molecule has 2 aliphatic rings. The summed E-state index contributed by atoms with van der Waals surface area (Å²) < 4.78 is 18.0. The zero-order valence-corrected chi connectivity index (χ0v) is 16.2. The summed E-state index contributed by atoms with van der Waals surface area (Å²) in [6.45, 7) is 0. The Morgan fingerprint density at radius 1 is 0.536 bits per heavy atom. The Morgan fingerprint density at radius 3 is 0.857 bits per heavy atom. The van der Waals surface area contributed by atoms with E-state index in [0.717, 1.165) is 0 Å². The third kappa shape index (κ3) is 5.61. The maximum atomic E-state index is 11.2. The van der Waals surface area contributed by atoms with E-state index >= 15 is 0 Å². The van der Waals surface area contributed by atoms with E-state index in [2.05, 4.69) is 18.9 Å². The topological polar surface area (TPSA) is 139 Å². The van der Waals surface area contributed by atoms with Crippen LogP contribution in [0.5, 0.6) is 0 Å². The number of rotatable bonds is 4. The predicted molar refractivity (Wildman–Crippen MR) is 90.5 cm³/mol. The zero-order chi connectivity index (χ0) is 21.4. The minimum atomic E-state index is -0.667. The van der Waals surface area contributed by atoms with Gasteiger partial charge in [-0.25, -0.2) is 0 Å². The molecule has 0 spiro atoms. The third-order valence-electron chi connectivity index (χ3n) is 4.78. The first-order valence-corrected chi connectivity index (χ1v) is 8.54. The van der Waals surface area contributed by atoms with Crippen molar-refractivity contribution in [2.75, 3.05) is 28.4 Å². The van der Waals surface area contributed by atoms with Gasteiger partial charge < -0.3 is 18.9 Å². The Kier molecular flexibility index (Phi) is 8.75. The fraction of sp³-hybridized carbons (Fsp3) is 0.667. The van der Waals surface area contributed by atoms with Crippen molar-refractivity contribution in [3.63, 3.8) is 0 Å². The lowest BCUT2D eigenvalue weighted by Gasteiger charge is -2.13. The highest BCUT2D eigenvalue weighted by atomic mass is 16.5. The molecule has 4 atom stereocenters. The van der Waals surface area contributed by atoms with Crippen molar-refractivity contribution < 1.29 is 47.7 Å². The van der Waals surface area contributed by atoms with Crippen LogP contribution in [0, 0.1) is 23.7 Å². The van der Waals surface area contributed by atoms with Crippen LogP contribution in [0.1, 0.15) is 25.7 Å². The average molecular weight is 400 g/mol. The number of hydrogen-bond acceptors (Lipinski definition) is 10. The van der Waals surface area contributed by atoms with Gasteiger partial charge in [0.2, 0.25) is 0 Å². The lowest BCUT2D eigenvalue weighted by Crippen LogP contribution is -2.27. The molecule has 0 unspecified atom stereocenters. The molecule has 2 fully saturated rings. The van der Waals surface area contributed by atoms with E-state index in [1.165, 1.54) is 28.4 Å². The van der Waals surface area contributed by atoms with Gasteiger partial charge in [-0.15, -0.1) is 0 Å². The van der Waals surface area contributed by atoms with Crippen LogP contribution in [0.25, 0.3) is 0 Å². The molecule has 2 rings (SSSR count). The Balaban J connectivity index is 0.000000280. The van der Waals surface area contributed by atoms with E-state index in [0.29, 0.717) is 0 Å². The Morgan fingerprint density at radius 2 is 0.714 bits per heavy atom. The Bertz CT molecular complexity index is 545. The Hall–Kier alpha value is -2.78. The van der Waals surface area contributed by atoms with Crippen molar-refractivity contribution in [3.8, 4) is 0 Å². The van der Waals surface area contributed by atoms with E-state index < -0.39 is 47.5 Å². The standard InChI is InChI=1S/2C9H12O5/c2*1-13-8(11)6-3-5(10)4-7(6)9(12)14-2/h2*6-7H,3-4H2,1-2H3/t2*6-,7+. The zero-order valence-electron chi connectivity index (χ0n) is 16.2. The summed E-state index contributed by atoms with van der Waals surface area (Å²) in [5.41, 5.74) is 0. The van der Waals surface area contributed by atoms with Crippen LogP contribution in [0.4, 0.5) is 0 Å². The monoisotopic (exact) mass is 400 g/mol. The molecular formula is C18H24O10. The normalized spacial score (nSPS) is 26.0. The molecule has 0 aromatic heterocycles. The van der Waals surface area contributed by atoms with E-state index in [9.17, 15) is 28.8 Å². The fourth-order valence-electron chi connectivity index (χ4n) is 3.31. The molecule has 0 saturated heterocycles. The summed E-state index contributed by atoms with van der Waals surface area (Å²) in [5.74, 6) is -4.96. The molecule has 0 radical (unpaired) electrons. The van der Waals surface area contributed by atoms with Crippen molar-refractivity contribution in [1.29, 1.82) is 0 Å². The number of esters is 4. The number of carbonyl (C=O) groups excluding carboxylic acids is 6. The molecule has 28 heavy (non-hydrogen) atoms. The lowest BCUT2D eigenvalue weighted by molar-refractivity contribution is -0.156. The summed E-state index contributed by atoms with van der Waals surface area (Å²) in [5, 5.41) is 0. The first kappa shape index (κ1) is 23.3. The van der Waals surface area contributed by atoms with E-state index in [1.807, 2.05) is 0 Å². The molecule has 0 aromatic rings. The number of hydrogen-bond donors (Lipinski definition) is 0. The SMILES string of the molecule is COC(=O)[C@H]1CC(=O)C[C@H]1C(=O)OC.COC(=O)[C@H]1CC(=O)C[C@H]1C(=O)OC. The van der Waals surface area contributed by atoms with Gasteiger partial charge in [-0.2, -0.15) is 0 Å². The van der Waals surface area contributed by atoms with Crippen LogP contribution in [0.15, 0.2) is 0 Å². The molecule has 0 aromatic carbocycles. The molecule has 0 heterocycles. The molecule has 10 heteroatoms. The minimum absolute atomic E-state index is 0.0758. The predicted octanol–water partition coefficient (Wildman–Crippen LogP) is -0.145. The maximum Gasteiger partial charge on any atom is 0.309 e. The van der Waals surface area contributed by atoms with E-state index in [4.69, 9.17) is 0 Å². The summed E-state index contributed by atoms with van der Waals surface area (Å²) in [7, 11) is 4.94. The van der Waals surface area contributed by atoms with Crippen LogP contribution in [-0.2, 0) is 47.7 Å². The number of Topliss-reactive ketones (excluding diaryl/α,β-unsaturated/α-hetero) is 2. The quantitative estimate of drug-likeness (QED) is 0.462. The third-order valence-corrected chi connectivity index (χ3v) is 4.78. The van der Waals surface area contributed by atoms with Gasteiger partial charge in [0, 0.05) is 25.7 Å². The number of ketones is 2. The van der Waals surface area contributed by atoms with Gasteiger partial charge in [0.15, 0.2) is 0 Å². The number of ether oxygens (including phenoxy) is 4. The largest absolute Gasteiger partial charge is 0.469 e. The van der Waals surface area contributed by atoms with Crippen molar-refractivity contribution >= 4 is 35.4 Å². The van der Waals surface area contributed by atoms with Crippen LogP contribution in [-0.4, -0.2) is 63.9 Å². The van der Waals surface area contributed by atoms with Crippen molar-refractivity contribution in [2.24, 2.45) is 23.7 Å². The average Bonchev–Trinajstić information content (AvgIpc) is 3.28. The van der Waals surface area contributed by atoms with Crippen molar-refractivity contribution in [1.82, 2.24) is 0 Å². The second-order valence-electron chi connectivity index (χ2n) is 6.41. The molecule has 2 saturated carbocycles. The highest BCUT2D eigenvalue weighted by molar-refractivity contribution is 5.96. The van der Waals surface area contributed by atoms with Crippen LogP contribution >= 0.6 is 0 Å². The van der Waals surface area contributed by atoms with Crippen LogP contribution < -0.4 is 0 Å². The number of methoxy groups -OCH3 is 4. The molecule has 156 valence electrons. The van der Waals surface area contributed by atoms with Gasteiger partial charge in [0.25, 0.3) is 0 Å². The number of carbonyl (C=O) groups is 6. The van der Waals surface area contributed by atoms with Gasteiger partial charge in [-0.3, -0.25) is 28.8 Å². The minimum Gasteiger partial charge on any atom is -0.469 e. The van der Waals surface area contributed by atoms with E-state index in [-0.39, 0.29) is 37.2 Å². The van der Waals surface area contributed by atoms with Gasteiger partial charge in [0.1, 0.15) is 11.6 Å². The molecule has 0 N–H and O–H groups in total. The molecular weight excluding hydrogens is 376 g/mol. The second-order valence-corrected chi connectivity index (χ2v) is 6.41. The smallest absolute Gasteiger partial charge is 0.309 e. The van der Waals surface area contributed by atoms with Gasteiger partial charge in [0.05, 0.1) is 52.1 Å². The summed E-state index contributed by atoms with van der Waals surface area (Å²) in [6, 6.07) is 0. The first-order valence-electron chi connectivity index (χ1n) is 8.54. The molecule has 0 amide bonds.